The first kappa shape index (κ1) is 13.7. The molecule has 1 fully saturated rings. The molecule has 5 heteroatoms. The number of aliphatic hydroxyl groups excluding tert-OH is 1. The Kier molecular flexibility index (Phi) is 4.27. The van der Waals surface area contributed by atoms with E-state index in [-0.39, 0.29) is 6.03 Å². The van der Waals surface area contributed by atoms with Crippen molar-refractivity contribution in [2.24, 2.45) is 0 Å². The third-order valence-electron chi connectivity index (χ3n) is 3.18. The summed E-state index contributed by atoms with van der Waals surface area (Å²) in [6, 6.07) is 5.69. The first-order valence-corrected chi connectivity index (χ1v) is 6.52. The molecule has 1 aliphatic rings. The highest BCUT2D eigenvalue weighted by Crippen LogP contribution is 2.26. The molecule has 0 radical (unpaired) electrons. The second-order valence-electron chi connectivity index (χ2n) is 4.78. The summed E-state index contributed by atoms with van der Waals surface area (Å²) in [4.78, 5) is 13.1. The average molecular weight is 264 g/mol. The van der Waals surface area contributed by atoms with Crippen molar-refractivity contribution in [3.63, 3.8) is 0 Å². The van der Waals surface area contributed by atoms with Crippen LogP contribution in [0.5, 0.6) is 5.75 Å². The van der Waals surface area contributed by atoms with E-state index in [1.807, 2.05) is 25.1 Å². The smallest absolute Gasteiger partial charge is 0.317 e. The normalized spacial score (nSPS) is 16.4. The minimum absolute atomic E-state index is 0.0383. The van der Waals surface area contributed by atoms with Crippen LogP contribution in [0.25, 0.3) is 0 Å². The topological polar surface area (TPSA) is 61.8 Å². The lowest BCUT2D eigenvalue weighted by atomic mass is 10.1. The fourth-order valence-electron chi connectivity index (χ4n) is 2.10. The van der Waals surface area contributed by atoms with Crippen molar-refractivity contribution in [2.75, 3.05) is 26.2 Å². The molecule has 0 aromatic heterocycles. The Hall–Kier alpha value is -1.75. The Morgan fingerprint density at radius 2 is 2.32 bits per heavy atom. The van der Waals surface area contributed by atoms with Gasteiger partial charge in [0.2, 0.25) is 0 Å². The number of hydrogen-bond acceptors (Lipinski definition) is 3. The van der Waals surface area contributed by atoms with Gasteiger partial charge in [-0.25, -0.2) is 4.79 Å². The number of benzene rings is 1. The van der Waals surface area contributed by atoms with Crippen molar-refractivity contribution in [1.82, 2.24) is 10.2 Å². The summed E-state index contributed by atoms with van der Waals surface area (Å²) in [5.41, 5.74) is 1.86. The molecular weight excluding hydrogens is 244 g/mol. The van der Waals surface area contributed by atoms with Gasteiger partial charge in [0.15, 0.2) is 0 Å². The fourth-order valence-corrected chi connectivity index (χ4v) is 2.10. The Bertz CT molecular complexity index is 460. The molecule has 1 unspecified atom stereocenters. The third-order valence-corrected chi connectivity index (χ3v) is 3.18. The van der Waals surface area contributed by atoms with Gasteiger partial charge in [-0.3, -0.25) is 0 Å². The number of nitrogens with zero attached hydrogens (tertiary/aromatic N) is 1. The quantitative estimate of drug-likeness (QED) is 0.846. The zero-order valence-electron chi connectivity index (χ0n) is 11.3. The number of hydrogen-bond donors (Lipinski definition) is 2. The van der Waals surface area contributed by atoms with Gasteiger partial charge in [0.05, 0.1) is 12.6 Å². The monoisotopic (exact) mass is 264 g/mol. The predicted octanol–water partition coefficient (Wildman–Crippen LogP) is 1.45. The first-order chi connectivity index (χ1) is 9.08. The number of carbonyl (C=O) groups is 1. The Labute approximate surface area is 113 Å². The van der Waals surface area contributed by atoms with E-state index >= 15 is 0 Å². The summed E-state index contributed by atoms with van der Waals surface area (Å²) in [7, 11) is 0. The number of ether oxygens (including phenoxy) is 1. The largest absolute Gasteiger partial charge is 0.491 e. The summed E-state index contributed by atoms with van der Waals surface area (Å²) >= 11 is 0. The molecule has 5 nitrogen and oxygen atoms in total. The summed E-state index contributed by atoms with van der Waals surface area (Å²) < 4.78 is 5.71. The van der Waals surface area contributed by atoms with Crippen LogP contribution >= 0.6 is 0 Å². The number of rotatable bonds is 5. The van der Waals surface area contributed by atoms with Gasteiger partial charge in [0.1, 0.15) is 12.4 Å². The second-order valence-corrected chi connectivity index (χ2v) is 4.78. The first-order valence-electron chi connectivity index (χ1n) is 6.52. The Morgan fingerprint density at radius 3 is 2.95 bits per heavy atom. The number of nitrogens with one attached hydrogen (secondary N) is 1. The molecule has 1 saturated heterocycles. The number of aliphatic hydroxyl groups is 1. The van der Waals surface area contributed by atoms with Gasteiger partial charge in [-0.15, -0.1) is 0 Å². The maximum absolute atomic E-state index is 11.4. The van der Waals surface area contributed by atoms with Crippen LogP contribution in [0.2, 0.25) is 0 Å². The lowest BCUT2D eigenvalue weighted by Crippen LogP contribution is -2.31. The van der Waals surface area contributed by atoms with Crippen LogP contribution in [0, 0.1) is 6.92 Å². The number of urea groups is 1. The van der Waals surface area contributed by atoms with Crippen molar-refractivity contribution in [1.29, 1.82) is 0 Å². The lowest BCUT2D eigenvalue weighted by molar-refractivity contribution is 0.184. The highest BCUT2D eigenvalue weighted by molar-refractivity contribution is 5.76. The third kappa shape index (κ3) is 3.38. The van der Waals surface area contributed by atoms with Crippen molar-refractivity contribution in [3.05, 3.63) is 29.3 Å². The minimum atomic E-state index is -0.564. The number of aryl methyl sites for hydroxylation is 1. The molecule has 2 N–H and O–H groups in total. The van der Waals surface area contributed by atoms with Crippen LogP contribution < -0.4 is 10.1 Å². The standard InChI is InChI=1S/C14H20N2O3/c1-10-3-4-12(11(2)17)13(9-10)19-8-7-16-6-5-15-14(16)18/h3-4,9,11,17H,5-8H2,1-2H3,(H,15,18). The number of amides is 2. The predicted molar refractivity (Wildman–Crippen MR) is 72.3 cm³/mol. The lowest BCUT2D eigenvalue weighted by Gasteiger charge is -2.17. The van der Waals surface area contributed by atoms with E-state index in [4.69, 9.17) is 4.74 Å². The maximum Gasteiger partial charge on any atom is 0.317 e. The molecule has 1 aromatic carbocycles. The molecular formula is C14H20N2O3. The minimum Gasteiger partial charge on any atom is -0.491 e. The van der Waals surface area contributed by atoms with E-state index in [1.165, 1.54) is 0 Å². The molecule has 1 aromatic rings. The highest BCUT2D eigenvalue weighted by atomic mass is 16.5. The van der Waals surface area contributed by atoms with E-state index < -0.39 is 6.10 Å². The van der Waals surface area contributed by atoms with Crippen molar-refractivity contribution in [3.8, 4) is 5.75 Å². The molecule has 0 bridgehead atoms. The molecule has 104 valence electrons. The van der Waals surface area contributed by atoms with Crippen molar-refractivity contribution in [2.45, 2.75) is 20.0 Å². The van der Waals surface area contributed by atoms with Crippen LogP contribution in [-0.4, -0.2) is 42.3 Å². The average Bonchev–Trinajstić information content (AvgIpc) is 2.75. The van der Waals surface area contributed by atoms with E-state index in [1.54, 1.807) is 11.8 Å². The van der Waals surface area contributed by atoms with E-state index in [9.17, 15) is 9.90 Å². The van der Waals surface area contributed by atoms with E-state index in [0.29, 0.717) is 25.4 Å². The molecule has 0 saturated carbocycles. The molecule has 19 heavy (non-hydrogen) atoms. The van der Waals surface area contributed by atoms with Gasteiger partial charge in [0, 0.05) is 18.7 Å². The highest BCUT2D eigenvalue weighted by Gasteiger charge is 2.19. The van der Waals surface area contributed by atoms with Gasteiger partial charge in [-0.1, -0.05) is 12.1 Å². The SMILES string of the molecule is Cc1ccc(C(C)O)c(OCCN2CCNC2=O)c1. The Balaban J connectivity index is 1.95. The molecule has 2 amide bonds. The van der Waals surface area contributed by atoms with Gasteiger partial charge in [-0.05, 0) is 25.5 Å². The van der Waals surface area contributed by atoms with Gasteiger partial charge < -0.3 is 20.1 Å². The molecule has 0 spiro atoms. The van der Waals surface area contributed by atoms with Crippen molar-refractivity contribution < 1.29 is 14.6 Å². The summed E-state index contributed by atoms with van der Waals surface area (Å²) in [6.07, 6.45) is -0.564. The fraction of sp³-hybridized carbons (Fsp3) is 0.500. The molecule has 1 atom stereocenters. The Morgan fingerprint density at radius 1 is 1.53 bits per heavy atom. The van der Waals surface area contributed by atoms with Gasteiger partial charge in [-0.2, -0.15) is 0 Å². The van der Waals surface area contributed by atoms with Gasteiger partial charge >= 0.3 is 6.03 Å². The zero-order valence-corrected chi connectivity index (χ0v) is 11.3. The van der Waals surface area contributed by atoms with Crippen LogP contribution in [0.1, 0.15) is 24.2 Å². The maximum atomic E-state index is 11.4. The van der Waals surface area contributed by atoms with Crippen LogP contribution in [-0.2, 0) is 0 Å². The summed E-state index contributed by atoms with van der Waals surface area (Å²) in [5, 5.41) is 12.4. The summed E-state index contributed by atoms with van der Waals surface area (Å²) in [6.45, 7) is 6.09. The molecule has 1 aliphatic heterocycles. The van der Waals surface area contributed by atoms with Gasteiger partial charge in [0.25, 0.3) is 0 Å². The number of carbonyl (C=O) groups excluding carboxylic acids is 1. The zero-order chi connectivity index (χ0) is 13.8. The van der Waals surface area contributed by atoms with Crippen molar-refractivity contribution >= 4 is 6.03 Å². The van der Waals surface area contributed by atoms with Crippen LogP contribution in [0.3, 0.4) is 0 Å². The molecule has 0 aliphatic carbocycles. The molecule has 2 rings (SSSR count). The molecule has 1 heterocycles. The second kappa shape index (κ2) is 5.93. The van der Waals surface area contributed by atoms with Crippen LogP contribution in [0.15, 0.2) is 18.2 Å². The summed E-state index contributed by atoms with van der Waals surface area (Å²) in [5.74, 6) is 0.689. The van der Waals surface area contributed by atoms with Crippen LogP contribution in [0.4, 0.5) is 4.79 Å². The van der Waals surface area contributed by atoms with E-state index in [0.717, 1.165) is 17.7 Å². The van der Waals surface area contributed by atoms with E-state index in [2.05, 4.69) is 5.32 Å².